The number of ether oxygens (including phenoxy) is 1. The number of benzene rings is 1. The van der Waals surface area contributed by atoms with Crippen molar-refractivity contribution in [2.24, 2.45) is 0 Å². The first kappa shape index (κ1) is 15.3. The Morgan fingerprint density at radius 3 is 2.95 bits per heavy atom. The Bertz CT molecular complexity index is 680. The van der Waals surface area contributed by atoms with Gasteiger partial charge in [-0.15, -0.1) is 11.6 Å². The Balaban J connectivity index is 2.13. The number of nitrogens with zero attached hydrogens (tertiary/aromatic N) is 2. The molecule has 0 radical (unpaired) electrons. The van der Waals surface area contributed by atoms with E-state index >= 15 is 0 Å². The third kappa shape index (κ3) is 2.83. The lowest BCUT2D eigenvalue weighted by Crippen LogP contribution is -2.30. The maximum absolute atomic E-state index is 13.9. The van der Waals surface area contributed by atoms with Crippen LogP contribution in [0, 0.1) is 5.82 Å². The molecule has 3 rings (SSSR count). The predicted molar refractivity (Wildman–Crippen MR) is 85.3 cm³/mol. The summed E-state index contributed by atoms with van der Waals surface area (Å²) in [4.78, 5) is 4.57. The summed E-state index contributed by atoms with van der Waals surface area (Å²) < 4.78 is 22.2. The van der Waals surface area contributed by atoms with Crippen LogP contribution >= 0.6 is 27.5 Å². The van der Waals surface area contributed by atoms with Crippen LogP contribution in [0.4, 0.5) is 4.39 Å². The Kier molecular flexibility index (Phi) is 4.01. The lowest BCUT2D eigenvalue weighted by atomic mass is 10.0. The molecule has 0 spiro atoms. The van der Waals surface area contributed by atoms with Crippen LogP contribution in [0.5, 0.6) is 0 Å². The summed E-state index contributed by atoms with van der Waals surface area (Å²) in [7, 11) is 0. The summed E-state index contributed by atoms with van der Waals surface area (Å²) in [5.41, 5.74) is 1.26. The minimum absolute atomic E-state index is 0.238. The molecule has 1 aliphatic heterocycles. The van der Waals surface area contributed by atoms with E-state index in [-0.39, 0.29) is 16.8 Å². The van der Waals surface area contributed by atoms with Crippen molar-refractivity contribution in [3.63, 3.8) is 0 Å². The molecular weight excluding hydrogens is 359 g/mol. The van der Waals surface area contributed by atoms with E-state index in [1.54, 1.807) is 6.07 Å². The summed E-state index contributed by atoms with van der Waals surface area (Å²) in [5, 5.41) is -0.246. The van der Waals surface area contributed by atoms with Gasteiger partial charge in [0, 0.05) is 12.7 Å². The number of alkyl halides is 1. The van der Waals surface area contributed by atoms with Crippen molar-refractivity contribution < 1.29 is 9.13 Å². The first-order chi connectivity index (χ1) is 9.89. The van der Waals surface area contributed by atoms with Gasteiger partial charge in [0.2, 0.25) is 0 Å². The van der Waals surface area contributed by atoms with E-state index in [1.165, 1.54) is 6.07 Å². The number of rotatable bonds is 3. The van der Waals surface area contributed by atoms with Gasteiger partial charge in [0.15, 0.2) is 0 Å². The van der Waals surface area contributed by atoms with Gasteiger partial charge in [-0.25, -0.2) is 9.37 Å². The van der Waals surface area contributed by atoms with Crippen molar-refractivity contribution in [3.05, 3.63) is 28.2 Å². The largest absolute Gasteiger partial charge is 0.373 e. The number of halogens is 3. The van der Waals surface area contributed by atoms with Crippen molar-refractivity contribution in [2.75, 3.05) is 6.61 Å². The zero-order valence-corrected chi connectivity index (χ0v) is 14.3. The van der Waals surface area contributed by atoms with Crippen LogP contribution in [-0.2, 0) is 11.3 Å². The van der Waals surface area contributed by atoms with Gasteiger partial charge in [0.1, 0.15) is 11.6 Å². The van der Waals surface area contributed by atoms with E-state index in [9.17, 15) is 4.39 Å². The van der Waals surface area contributed by atoms with E-state index in [1.807, 2.05) is 11.5 Å². The van der Waals surface area contributed by atoms with Gasteiger partial charge in [0.05, 0.1) is 33.0 Å². The molecule has 0 aliphatic carbocycles. The van der Waals surface area contributed by atoms with Gasteiger partial charge in [-0.05, 0) is 48.7 Å². The van der Waals surface area contributed by atoms with Crippen LogP contribution in [0.25, 0.3) is 11.0 Å². The molecule has 1 aromatic carbocycles. The molecule has 1 fully saturated rings. The maximum Gasteiger partial charge on any atom is 0.139 e. The van der Waals surface area contributed by atoms with E-state index in [0.29, 0.717) is 11.0 Å². The number of aromatic nitrogens is 2. The highest BCUT2D eigenvalue weighted by Crippen LogP contribution is 2.33. The van der Waals surface area contributed by atoms with Gasteiger partial charge in [-0.3, -0.25) is 0 Å². The third-order valence-corrected chi connectivity index (χ3v) is 4.77. The van der Waals surface area contributed by atoms with Crippen molar-refractivity contribution in [3.8, 4) is 0 Å². The Hall–Kier alpha value is -0.650. The van der Waals surface area contributed by atoms with Gasteiger partial charge in [-0.2, -0.15) is 0 Å². The van der Waals surface area contributed by atoms with Crippen LogP contribution in [0.3, 0.4) is 0 Å². The molecule has 21 heavy (non-hydrogen) atoms. The molecular formula is C15H17BrClFN2O. The van der Waals surface area contributed by atoms with Crippen molar-refractivity contribution in [2.45, 2.75) is 44.2 Å². The van der Waals surface area contributed by atoms with Crippen LogP contribution < -0.4 is 0 Å². The monoisotopic (exact) mass is 374 g/mol. The van der Waals surface area contributed by atoms with E-state index in [4.69, 9.17) is 16.3 Å². The fourth-order valence-corrected chi connectivity index (χ4v) is 3.40. The van der Waals surface area contributed by atoms with Crippen molar-refractivity contribution >= 4 is 38.6 Å². The molecule has 6 heteroatoms. The Labute approximate surface area is 136 Å². The van der Waals surface area contributed by atoms with Crippen LogP contribution in [-0.4, -0.2) is 21.8 Å². The molecule has 0 saturated carbocycles. The smallest absolute Gasteiger partial charge is 0.139 e. The molecule has 2 atom stereocenters. The molecule has 0 N–H and O–H groups in total. The lowest BCUT2D eigenvalue weighted by molar-refractivity contribution is 0.00648. The van der Waals surface area contributed by atoms with Crippen molar-refractivity contribution in [1.82, 2.24) is 9.55 Å². The van der Waals surface area contributed by atoms with Gasteiger partial charge >= 0.3 is 0 Å². The second kappa shape index (κ2) is 5.52. The van der Waals surface area contributed by atoms with Gasteiger partial charge in [-0.1, -0.05) is 0 Å². The average molecular weight is 376 g/mol. The highest BCUT2D eigenvalue weighted by Gasteiger charge is 2.32. The maximum atomic E-state index is 13.9. The molecule has 0 amide bonds. The third-order valence-electron chi connectivity index (χ3n) is 3.97. The second-order valence-electron chi connectivity index (χ2n) is 5.83. The quantitative estimate of drug-likeness (QED) is 0.720. The predicted octanol–water partition coefficient (Wildman–Crippen LogP) is 4.81. The van der Waals surface area contributed by atoms with E-state index in [2.05, 4.69) is 27.8 Å². The number of imidazole rings is 1. The first-order valence-electron chi connectivity index (χ1n) is 7.03. The molecule has 2 aromatic rings. The van der Waals surface area contributed by atoms with Crippen molar-refractivity contribution in [1.29, 1.82) is 0 Å². The zero-order valence-electron chi connectivity index (χ0n) is 12.0. The average Bonchev–Trinajstić information content (AvgIpc) is 2.97. The van der Waals surface area contributed by atoms with Crippen LogP contribution in [0.1, 0.15) is 37.9 Å². The number of hydrogen-bond donors (Lipinski definition) is 0. The Morgan fingerprint density at radius 2 is 2.33 bits per heavy atom. The highest BCUT2D eigenvalue weighted by atomic mass is 79.9. The molecule has 2 unspecified atom stereocenters. The molecule has 1 saturated heterocycles. The topological polar surface area (TPSA) is 27.1 Å². The van der Waals surface area contributed by atoms with Crippen LogP contribution in [0.2, 0.25) is 0 Å². The minimum Gasteiger partial charge on any atom is -0.373 e. The van der Waals surface area contributed by atoms with Crippen LogP contribution in [0.15, 0.2) is 16.6 Å². The standard InChI is InChI=1S/C15H17BrClFN2O/c1-9(17)14-19-12-6-10(16)11(18)7-13(12)20(14)8-15(2)4-3-5-21-15/h6-7,9H,3-5,8H2,1-2H3. The molecule has 114 valence electrons. The summed E-state index contributed by atoms with van der Waals surface area (Å²) in [5.74, 6) is 0.454. The normalized spacial score (nSPS) is 23.9. The van der Waals surface area contributed by atoms with Gasteiger partial charge < -0.3 is 9.30 Å². The summed E-state index contributed by atoms with van der Waals surface area (Å²) in [6, 6.07) is 3.20. The van der Waals surface area contributed by atoms with E-state index in [0.717, 1.165) is 36.3 Å². The zero-order chi connectivity index (χ0) is 15.2. The van der Waals surface area contributed by atoms with Gasteiger partial charge in [0.25, 0.3) is 0 Å². The molecule has 1 aromatic heterocycles. The minimum atomic E-state index is -0.296. The summed E-state index contributed by atoms with van der Waals surface area (Å²) in [6.07, 6.45) is 2.04. The molecule has 0 bridgehead atoms. The first-order valence-corrected chi connectivity index (χ1v) is 8.26. The second-order valence-corrected chi connectivity index (χ2v) is 7.34. The Morgan fingerprint density at radius 1 is 1.57 bits per heavy atom. The SMILES string of the molecule is CC(Cl)c1nc2cc(Br)c(F)cc2n1CC1(C)CCCO1. The number of fused-ring (bicyclic) bond motifs is 1. The summed E-state index contributed by atoms with van der Waals surface area (Å²) >= 11 is 9.46. The lowest BCUT2D eigenvalue weighted by Gasteiger charge is -2.25. The van der Waals surface area contributed by atoms with E-state index < -0.39 is 0 Å². The molecule has 3 nitrogen and oxygen atoms in total. The molecule has 2 heterocycles. The fourth-order valence-electron chi connectivity index (χ4n) is 2.90. The number of hydrogen-bond acceptors (Lipinski definition) is 2. The fraction of sp³-hybridized carbons (Fsp3) is 0.533. The summed E-state index contributed by atoms with van der Waals surface area (Å²) in [6.45, 7) is 5.37. The molecule has 1 aliphatic rings. The highest BCUT2D eigenvalue weighted by molar-refractivity contribution is 9.10.